The van der Waals surface area contributed by atoms with Crippen LogP contribution in [-0.2, 0) is 0 Å². The Morgan fingerprint density at radius 2 is 2.05 bits per heavy atom. The van der Waals surface area contributed by atoms with Gasteiger partial charge < -0.3 is 10.3 Å². The van der Waals surface area contributed by atoms with Gasteiger partial charge in [-0.15, -0.1) is 11.3 Å². The zero-order chi connectivity index (χ0) is 13.4. The van der Waals surface area contributed by atoms with Crippen molar-refractivity contribution in [2.24, 2.45) is 0 Å². The van der Waals surface area contributed by atoms with Gasteiger partial charge in [-0.2, -0.15) is 0 Å². The van der Waals surface area contributed by atoms with Gasteiger partial charge >= 0.3 is 0 Å². The first-order valence-corrected chi connectivity index (χ1v) is 6.29. The van der Waals surface area contributed by atoms with E-state index in [4.69, 9.17) is 10.3 Å². The van der Waals surface area contributed by atoms with E-state index in [1.54, 1.807) is 0 Å². The minimum absolute atomic E-state index is 0.133. The monoisotopic (exact) mass is 278 g/mol. The summed E-state index contributed by atoms with van der Waals surface area (Å²) in [5.74, 6) is -0.973. The fourth-order valence-electron chi connectivity index (χ4n) is 1.82. The third kappa shape index (κ3) is 2.00. The first kappa shape index (κ1) is 11.9. The predicted molar refractivity (Wildman–Crippen MR) is 69.6 cm³/mol. The predicted octanol–water partition coefficient (Wildman–Crippen LogP) is 3.93. The molecule has 0 bridgehead atoms. The SMILES string of the molecule is Nc1noc(-c2ccc(F)cc2F)c1-c1cccs1. The molecule has 0 aliphatic rings. The maximum Gasteiger partial charge on any atom is 0.180 e. The lowest BCUT2D eigenvalue weighted by Gasteiger charge is -2.02. The molecular weight excluding hydrogens is 270 g/mol. The second-order valence-corrected chi connectivity index (χ2v) is 4.82. The lowest BCUT2D eigenvalue weighted by molar-refractivity contribution is 0.433. The molecule has 0 saturated heterocycles. The maximum atomic E-state index is 13.8. The molecule has 0 aliphatic carbocycles. The molecule has 0 unspecified atom stereocenters. The molecule has 6 heteroatoms. The van der Waals surface area contributed by atoms with E-state index in [1.807, 2.05) is 17.5 Å². The van der Waals surface area contributed by atoms with Gasteiger partial charge in [0.2, 0.25) is 0 Å². The number of hydrogen-bond acceptors (Lipinski definition) is 4. The van der Waals surface area contributed by atoms with E-state index in [9.17, 15) is 8.78 Å². The van der Waals surface area contributed by atoms with Crippen molar-refractivity contribution in [2.45, 2.75) is 0 Å². The molecule has 1 aromatic carbocycles. The fourth-order valence-corrected chi connectivity index (χ4v) is 2.59. The highest BCUT2D eigenvalue weighted by molar-refractivity contribution is 7.13. The Balaban J connectivity index is 2.21. The summed E-state index contributed by atoms with van der Waals surface area (Å²) in [6, 6.07) is 6.94. The first-order valence-electron chi connectivity index (χ1n) is 5.41. The number of nitrogens with two attached hydrogens (primary N) is 1. The van der Waals surface area contributed by atoms with E-state index in [2.05, 4.69) is 5.16 Å². The average molecular weight is 278 g/mol. The summed E-state index contributed by atoms with van der Waals surface area (Å²) in [5.41, 5.74) is 6.42. The second kappa shape index (κ2) is 4.47. The summed E-state index contributed by atoms with van der Waals surface area (Å²) in [6.07, 6.45) is 0. The molecule has 3 aromatic rings. The van der Waals surface area contributed by atoms with E-state index < -0.39 is 11.6 Å². The van der Waals surface area contributed by atoms with Crippen molar-refractivity contribution < 1.29 is 13.3 Å². The number of nitrogens with zero attached hydrogens (tertiary/aromatic N) is 1. The van der Waals surface area contributed by atoms with Gasteiger partial charge in [0.05, 0.1) is 11.1 Å². The summed E-state index contributed by atoms with van der Waals surface area (Å²) < 4.78 is 31.8. The summed E-state index contributed by atoms with van der Waals surface area (Å²) in [7, 11) is 0. The van der Waals surface area contributed by atoms with Crippen LogP contribution in [0.25, 0.3) is 21.8 Å². The van der Waals surface area contributed by atoms with E-state index >= 15 is 0 Å². The molecule has 0 aliphatic heterocycles. The van der Waals surface area contributed by atoms with E-state index in [0.29, 0.717) is 5.56 Å². The van der Waals surface area contributed by atoms with Crippen LogP contribution >= 0.6 is 11.3 Å². The van der Waals surface area contributed by atoms with Gasteiger partial charge in [-0.1, -0.05) is 11.2 Å². The van der Waals surface area contributed by atoms with Gasteiger partial charge in [0.1, 0.15) is 11.6 Å². The molecule has 0 radical (unpaired) electrons. The van der Waals surface area contributed by atoms with E-state index in [-0.39, 0.29) is 17.1 Å². The Bertz CT molecular complexity index is 722. The van der Waals surface area contributed by atoms with Gasteiger partial charge in [0.25, 0.3) is 0 Å². The molecule has 2 heterocycles. The Morgan fingerprint density at radius 3 is 2.74 bits per heavy atom. The molecule has 2 N–H and O–H groups in total. The molecule has 0 saturated carbocycles. The van der Waals surface area contributed by atoms with Crippen molar-refractivity contribution in [3.05, 3.63) is 47.3 Å². The molecule has 2 aromatic heterocycles. The smallest absolute Gasteiger partial charge is 0.180 e. The summed E-state index contributed by atoms with van der Waals surface area (Å²) in [5, 5.41) is 5.53. The zero-order valence-electron chi connectivity index (χ0n) is 9.56. The minimum atomic E-state index is -0.714. The second-order valence-electron chi connectivity index (χ2n) is 3.87. The van der Waals surface area contributed by atoms with Crippen molar-refractivity contribution in [2.75, 3.05) is 5.73 Å². The van der Waals surface area contributed by atoms with Crippen molar-refractivity contribution in [3.8, 4) is 21.8 Å². The topological polar surface area (TPSA) is 52.0 Å². The van der Waals surface area contributed by atoms with Gasteiger partial charge in [-0.05, 0) is 23.6 Å². The lowest BCUT2D eigenvalue weighted by atomic mass is 10.1. The van der Waals surface area contributed by atoms with Crippen molar-refractivity contribution in [3.63, 3.8) is 0 Å². The van der Waals surface area contributed by atoms with Crippen LogP contribution in [0.5, 0.6) is 0 Å². The number of hydrogen-bond donors (Lipinski definition) is 1. The van der Waals surface area contributed by atoms with Gasteiger partial charge in [0, 0.05) is 10.9 Å². The number of aromatic nitrogens is 1. The van der Waals surface area contributed by atoms with Gasteiger partial charge in [0.15, 0.2) is 11.6 Å². The van der Waals surface area contributed by atoms with Crippen LogP contribution in [0, 0.1) is 11.6 Å². The molecule has 0 amide bonds. The maximum absolute atomic E-state index is 13.8. The lowest BCUT2D eigenvalue weighted by Crippen LogP contribution is -1.89. The van der Waals surface area contributed by atoms with Crippen LogP contribution in [0.15, 0.2) is 40.2 Å². The van der Waals surface area contributed by atoms with Crippen LogP contribution in [-0.4, -0.2) is 5.16 Å². The molecule has 0 atom stereocenters. The van der Waals surface area contributed by atoms with Crippen LogP contribution in [0.4, 0.5) is 14.6 Å². The molecule has 3 rings (SSSR count). The van der Waals surface area contributed by atoms with E-state index in [0.717, 1.165) is 17.0 Å². The summed E-state index contributed by atoms with van der Waals surface area (Å²) in [6.45, 7) is 0. The van der Waals surface area contributed by atoms with Gasteiger partial charge in [-0.3, -0.25) is 0 Å². The third-order valence-electron chi connectivity index (χ3n) is 2.66. The summed E-state index contributed by atoms with van der Waals surface area (Å²) in [4.78, 5) is 0.817. The van der Waals surface area contributed by atoms with Crippen LogP contribution in [0.2, 0.25) is 0 Å². The highest BCUT2D eigenvalue weighted by atomic mass is 32.1. The number of benzene rings is 1. The number of rotatable bonds is 2. The highest BCUT2D eigenvalue weighted by Gasteiger charge is 2.21. The van der Waals surface area contributed by atoms with Crippen molar-refractivity contribution in [1.29, 1.82) is 0 Å². The zero-order valence-corrected chi connectivity index (χ0v) is 10.4. The minimum Gasteiger partial charge on any atom is -0.380 e. The standard InChI is InChI=1S/C13H8F2N2OS/c14-7-3-4-8(9(15)6-7)12-11(13(16)17-18-12)10-2-1-5-19-10/h1-6H,(H2,16,17). The molecule has 96 valence electrons. The summed E-state index contributed by atoms with van der Waals surface area (Å²) >= 11 is 1.44. The number of anilines is 1. The fraction of sp³-hybridized carbons (Fsp3) is 0. The Labute approximate surface area is 111 Å². The Hall–Kier alpha value is -2.21. The number of halogens is 2. The van der Waals surface area contributed by atoms with Crippen LogP contribution in [0.3, 0.4) is 0 Å². The Morgan fingerprint density at radius 1 is 1.21 bits per heavy atom. The molecule has 0 spiro atoms. The van der Waals surface area contributed by atoms with Gasteiger partial charge in [-0.25, -0.2) is 8.78 Å². The molecular formula is C13H8F2N2OS. The van der Waals surface area contributed by atoms with Crippen LogP contribution < -0.4 is 5.73 Å². The normalized spacial score (nSPS) is 10.8. The largest absolute Gasteiger partial charge is 0.380 e. The Kier molecular flexibility index (Phi) is 2.79. The molecule has 0 fully saturated rings. The first-order chi connectivity index (χ1) is 9.16. The average Bonchev–Trinajstić information content (AvgIpc) is 2.98. The molecule has 3 nitrogen and oxygen atoms in total. The van der Waals surface area contributed by atoms with E-state index in [1.165, 1.54) is 17.4 Å². The third-order valence-corrected chi connectivity index (χ3v) is 3.55. The number of thiophene rings is 1. The number of nitrogen functional groups attached to an aromatic ring is 1. The van der Waals surface area contributed by atoms with Crippen molar-refractivity contribution in [1.82, 2.24) is 5.16 Å². The van der Waals surface area contributed by atoms with Crippen LogP contribution in [0.1, 0.15) is 0 Å². The quantitative estimate of drug-likeness (QED) is 0.772. The van der Waals surface area contributed by atoms with Crippen molar-refractivity contribution >= 4 is 17.2 Å². The molecule has 19 heavy (non-hydrogen) atoms. The highest BCUT2D eigenvalue weighted by Crippen LogP contribution is 2.39.